The fourth-order valence-corrected chi connectivity index (χ4v) is 1.22. The van der Waals surface area contributed by atoms with E-state index >= 15 is 0 Å². The first kappa shape index (κ1) is 15.4. The Labute approximate surface area is 116 Å². The largest absolute Gasteiger partial charge is 0.466 e. The molecule has 1 rings (SSSR count). The molecule has 0 heterocycles. The second-order valence-electron chi connectivity index (χ2n) is 3.63. The zero-order chi connectivity index (χ0) is 14.8. The number of esters is 2. The van der Waals surface area contributed by atoms with Crippen LogP contribution in [-0.4, -0.2) is 31.4 Å². The third-order valence-corrected chi connectivity index (χ3v) is 2.19. The lowest BCUT2D eigenvalue weighted by Crippen LogP contribution is -2.05. The van der Waals surface area contributed by atoms with Crippen molar-refractivity contribution < 1.29 is 23.9 Å². The molecule has 1 aromatic carbocycles. The predicted octanol–water partition coefficient (Wildman–Crippen LogP) is 1.70. The van der Waals surface area contributed by atoms with E-state index in [9.17, 15) is 14.4 Å². The number of methoxy groups -OCH3 is 1. The molecule has 20 heavy (non-hydrogen) atoms. The van der Waals surface area contributed by atoms with Gasteiger partial charge in [0.25, 0.3) is 0 Å². The maximum atomic E-state index is 11.5. The summed E-state index contributed by atoms with van der Waals surface area (Å²) in [5, 5.41) is 0. The number of hydrogen-bond acceptors (Lipinski definition) is 5. The molecule has 1 aromatic rings. The van der Waals surface area contributed by atoms with Crippen molar-refractivity contribution in [3.63, 3.8) is 0 Å². The van der Waals surface area contributed by atoms with E-state index < -0.39 is 17.7 Å². The Bertz CT molecular complexity index is 528. The van der Waals surface area contributed by atoms with Gasteiger partial charge < -0.3 is 9.47 Å². The van der Waals surface area contributed by atoms with Crippen LogP contribution in [0.15, 0.2) is 54.6 Å². The lowest BCUT2D eigenvalue weighted by Gasteiger charge is -2.00. The summed E-state index contributed by atoms with van der Waals surface area (Å²) in [5.74, 6) is -1.47. The van der Waals surface area contributed by atoms with Crippen molar-refractivity contribution in [3.8, 4) is 0 Å². The van der Waals surface area contributed by atoms with Gasteiger partial charge in [-0.25, -0.2) is 9.59 Å². The standard InChI is InChI=1S/C15H14O5/c1-19-14(17)10-9-13(16)8-5-11-20-15(18)12-6-3-2-4-7-12/h2-10H,11H2,1H3/b8-5+,10-9+. The molecule has 0 aliphatic heterocycles. The van der Waals surface area contributed by atoms with E-state index in [1.54, 1.807) is 30.3 Å². The molecular formula is C15H14O5. The van der Waals surface area contributed by atoms with Crippen molar-refractivity contribution in [2.75, 3.05) is 13.7 Å². The van der Waals surface area contributed by atoms with Crippen LogP contribution in [0, 0.1) is 0 Å². The molecule has 0 saturated heterocycles. The minimum absolute atomic E-state index is 0.0223. The van der Waals surface area contributed by atoms with Gasteiger partial charge in [-0.1, -0.05) is 18.2 Å². The van der Waals surface area contributed by atoms with Crippen LogP contribution in [-0.2, 0) is 19.1 Å². The highest BCUT2D eigenvalue weighted by Gasteiger charge is 2.03. The quantitative estimate of drug-likeness (QED) is 0.583. The molecule has 0 N–H and O–H groups in total. The van der Waals surface area contributed by atoms with Crippen LogP contribution in [0.2, 0.25) is 0 Å². The number of hydrogen-bond donors (Lipinski definition) is 0. The van der Waals surface area contributed by atoms with Gasteiger partial charge in [0.1, 0.15) is 6.61 Å². The Kier molecular flexibility index (Phi) is 6.47. The highest BCUT2D eigenvalue weighted by Crippen LogP contribution is 2.00. The van der Waals surface area contributed by atoms with E-state index in [0.717, 1.165) is 12.2 Å². The minimum Gasteiger partial charge on any atom is -0.466 e. The Morgan fingerprint density at radius 3 is 2.40 bits per heavy atom. The topological polar surface area (TPSA) is 69.7 Å². The molecule has 5 heteroatoms. The lowest BCUT2D eigenvalue weighted by molar-refractivity contribution is -0.135. The van der Waals surface area contributed by atoms with Gasteiger partial charge in [-0.05, 0) is 30.4 Å². The van der Waals surface area contributed by atoms with Crippen LogP contribution in [0.4, 0.5) is 0 Å². The van der Waals surface area contributed by atoms with Crippen molar-refractivity contribution in [1.82, 2.24) is 0 Å². The molecule has 0 fully saturated rings. The summed E-state index contributed by atoms with van der Waals surface area (Å²) in [6.07, 6.45) is 4.69. The van der Waals surface area contributed by atoms with E-state index in [1.165, 1.54) is 19.3 Å². The zero-order valence-electron chi connectivity index (χ0n) is 10.9. The van der Waals surface area contributed by atoms with E-state index in [-0.39, 0.29) is 6.61 Å². The summed E-state index contributed by atoms with van der Waals surface area (Å²) in [7, 11) is 1.22. The molecule has 0 amide bonds. The fraction of sp³-hybridized carbons (Fsp3) is 0.133. The smallest absolute Gasteiger partial charge is 0.338 e. The van der Waals surface area contributed by atoms with Crippen LogP contribution < -0.4 is 0 Å². The van der Waals surface area contributed by atoms with Crippen molar-refractivity contribution in [1.29, 1.82) is 0 Å². The molecule has 0 unspecified atom stereocenters. The first-order valence-corrected chi connectivity index (χ1v) is 5.82. The molecule has 0 aromatic heterocycles. The number of ether oxygens (including phenoxy) is 2. The van der Waals surface area contributed by atoms with Gasteiger partial charge in [-0.2, -0.15) is 0 Å². The van der Waals surface area contributed by atoms with Crippen molar-refractivity contribution in [3.05, 3.63) is 60.2 Å². The van der Waals surface area contributed by atoms with Crippen LogP contribution in [0.25, 0.3) is 0 Å². The van der Waals surface area contributed by atoms with Gasteiger partial charge in [0, 0.05) is 6.08 Å². The van der Waals surface area contributed by atoms with Gasteiger partial charge in [0.2, 0.25) is 0 Å². The SMILES string of the molecule is COC(=O)/C=C/C(=O)/C=C/COC(=O)c1ccccc1. The molecule has 0 atom stereocenters. The Morgan fingerprint density at radius 2 is 1.75 bits per heavy atom. The van der Waals surface area contributed by atoms with Crippen LogP contribution in [0.3, 0.4) is 0 Å². The normalized spacial score (nSPS) is 10.7. The number of ketones is 1. The molecular weight excluding hydrogens is 260 g/mol. The number of carbonyl (C=O) groups excluding carboxylic acids is 3. The monoisotopic (exact) mass is 274 g/mol. The predicted molar refractivity (Wildman–Crippen MR) is 72.0 cm³/mol. The molecule has 0 spiro atoms. The van der Waals surface area contributed by atoms with Gasteiger partial charge in [-0.3, -0.25) is 4.79 Å². The zero-order valence-corrected chi connectivity index (χ0v) is 10.9. The van der Waals surface area contributed by atoms with Crippen LogP contribution >= 0.6 is 0 Å². The van der Waals surface area contributed by atoms with Gasteiger partial charge in [0.05, 0.1) is 12.7 Å². The summed E-state index contributed by atoms with van der Waals surface area (Å²) in [6.45, 7) is -0.0223. The third-order valence-electron chi connectivity index (χ3n) is 2.19. The Balaban J connectivity index is 2.35. The molecule has 104 valence electrons. The number of allylic oxidation sites excluding steroid dienone is 2. The van der Waals surface area contributed by atoms with Gasteiger partial charge in [-0.15, -0.1) is 0 Å². The van der Waals surface area contributed by atoms with Gasteiger partial charge >= 0.3 is 11.9 Å². The second kappa shape index (κ2) is 8.42. The first-order chi connectivity index (χ1) is 9.63. The Morgan fingerprint density at radius 1 is 1.05 bits per heavy atom. The summed E-state index contributed by atoms with van der Waals surface area (Å²) < 4.78 is 9.27. The minimum atomic E-state index is -0.609. The van der Waals surface area contributed by atoms with Crippen molar-refractivity contribution >= 4 is 17.7 Å². The van der Waals surface area contributed by atoms with Crippen molar-refractivity contribution in [2.45, 2.75) is 0 Å². The number of rotatable bonds is 6. The van der Waals surface area contributed by atoms with Crippen LogP contribution in [0.1, 0.15) is 10.4 Å². The molecule has 0 aliphatic carbocycles. The maximum absolute atomic E-state index is 11.5. The van der Waals surface area contributed by atoms with E-state index in [1.807, 2.05) is 0 Å². The number of benzene rings is 1. The summed E-state index contributed by atoms with van der Waals surface area (Å²) >= 11 is 0. The third kappa shape index (κ3) is 5.77. The average molecular weight is 274 g/mol. The van der Waals surface area contributed by atoms with E-state index in [2.05, 4.69) is 4.74 Å². The molecule has 0 saturated carbocycles. The van der Waals surface area contributed by atoms with Crippen LogP contribution in [0.5, 0.6) is 0 Å². The van der Waals surface area contributed by atoms with E-state index in [4.69, 9.17) is 4.74 Å². The average Bonchev–Trinajstić information content (AvgIpc) is 2.49. The highest BCUT2D eigenvalue weighted by molar-refractivity contribution is 6.02. The summed E-state index contributed by atoms with van der Waals surface area (Å²) in [5.41, 5.74) is 0.442. The van der Waals surface area contributed by atoms with E-state index in [0.29, 0.717) is 5.56 Å². The Hall–Kier alpha value is -2.69. The maximum Gasteiger partial charge on any atom is 0.338 e. The summed E-state index contributed by atoms with van der Waals surface area (Å²) in [4.78, 5) is 33.5. The fourth-order valence-electron chi connectivity index (χ4n) is 1.22. The molecule has 0 aliphatic rings. The highest BCUT2D eigenvalue weighted by atomic mass is 16.5. The molecule has 0 bridgehead atoms. The van der Waals surface area contributed by atoms with Crippen molar-refractivity contribution in [2.24, 2.45) is 0 Å². The lowest BCUT2D eigenvalue weighted by atomic mass is 10.2. The van der Waals surface area contributed by atoms with Gasteiger partial charge in [0.15, 0.2) is 5.78 Å². The molecule has 5 nitrogen and oxygen atoms in total. The number of carbonyl (C=O) groups is 3. The second-order valence-corrected chi connectivity index (χ2v) is 3.63. The first-order valence-electron chi connectivity index (χ1n) is 5.82. The molecule has 0 radical (unpaired) electrons. The summed E-state index contributed by atoms with van der Waals surface area (Å²) in [6, 6.07) is 8.52.